The smallest absolute Gasteiger partial charge is 0.279 e. The third-order valence-corrected chi connectivity index (χ3v) is 8.25. The number of Topliss-reactive ketones (excluding diaryl/α,β-unsaturated/α-hetero) is 1. The number of piperidine rings is 1. The van der Waals surface area contributed by atoms with Gasteiger partial charge in [0.15, 0.2) is 5.82 Å². The first-order valence-electron chi connectivity index (χ1n) is 11.8. The van der Waals surface area contributed by atoms with Gasteiger partial charge >= 0.3 is 0 Å². The van der Waals surface area contributed by atoms with Crippen LogP contribution in [0.25, 0.3) is 10.9 Å². The van der Waals surface area contributed by atoms with Crippen molar-refractivity contribution in [3.63, 3.8) is 0 Å². The summed E-state index contributed by atoms with van der Waals surface area (Å²) in [4.78, 5) is 52.7. The molecule has 36 heavy (non-hydrogen) atoms. The molecule has 0 spiro atoms. The maximum absolute atomic E-state index is 12.9. The number of carbonyl (C=O) groups is 3. The Bertz CT molecular complexity index is 1420. The van der Waals surface area contributed by atoms with E-state index in [1.54, 1.807) is 12.4 Å². The van der Waals surface area contributed by atoms with E-state index >= 15 is 0 Å². The number of para-hydroxylation sites is 1. The molecule has 0 saturated carbocycles. The first kappa shape index (κ1) is 24.3. The Morgan fingerprint density at radius 3 is 2.69 bits per heavy atom. The molecule has 0 radical (unpaired) electrons. The number of nitrogens with zero attached hydrogens (tertiary/aromatic N) is 5. The van der Waals surface area contributed by atoms with Gasteiger partial charge in [-0.05, 0) is 31.4 Å². The predicted octanol–water partition coefficient (Wildman–Crippen LogP) is 3.83. The van der Waals surface area contributed by atoms with Crippen molar-refractivity contribution in [2.45, 2.75) is 38.5 Å². The van der Waals surface area contributed by atoms with Gasteiger partial charge in [-0.3, -0.25) is 19.3 Å². The summed E-state index contributed by atoms with van der Waals surface area (Å²) in [7, 11) is 1.64. The van der Waals surface area contributed by atoms with Crippen molar-refractivity contribution in [2.75, 3.05) is 25.0 Å². The van der Waals surface area contributed by atoms with Crippen molar-refractivity contribution in [3.8, 4) is 0 Å². The Morgan fingerprint density at radius 1 is 1.14 bits per heavy atom. The van der Waals surface area contributed by atoms with Gasteiger partial charge in [-0.2, -0.15) is 4.37 Å². The number of thiazole rings is 1. The van der Waals surface area contributed by atoms with Gasteiger partial charge in [-0.25, -0.2) is 9.97 Å². The number of likely N-dealkylation sites (tertiary alicyclic amines) is 1. The van der Waals surface area contributed by atoms with Crippen LogP contribution in [-0.4, -0.2) is 62.0 Å². The summed E-state index contributed by atoms with van der Waals surface area (Å²) in [5.74, 6) is 0.503. The highest BCUT2D eigenvalue weighted by Gasteiger charge is 2.28. The van der Waals surface area contributed by atoms with Crippen LogP contribution in [0.3, 0.4) is 0 Å². The minimum absolute atomic E-state index is 0.0248. The molecular weight excluding hydrogens is 496 g/mol. The van der Waals surface area contributed by atoms with E-state index in [2.05, 4.69) is 19.3 Å². The Morgan fingerprint density at radius 2 is 1.92 bits per heavy atom. The zero-order valence-corrected chi connectivity index (χ0v) is 21.7. The Labute approximate surface area is 216 Å². The summed E-state index contributed by atoms with van der Waals surface area (Å²) in [6.45, 7) is 2.84. The van der Waals surface area contributed by atoms with E-state index in [1.165, 1.54) is 23.2 Å². The zero-order valence-electron chi connectivity index (χ0n) is 20.1. The number of anilines is 1. The van der Waals surface area contributed by atoms with Gasteiger partial charge in [-0.15, -0.1) is 11.3 Å². The average molecular weight is 523 g/mol. The summed E-state index contributed by atoms with van der Waals surface area (Å²) in [5, 5.41) is 4.23. The number of hydrogen-bond donors (Lipinski definition) is 1. The number of aromatic nitrogens is 4. The molecule has 4 aromatic rings. The van der Waals surface area contributed by atoms with Gasteiger partial charge in [0.25, 0.3) is 5.91 Å². The topological polar surface area (TPSA) is 112 Å². The molecule has 1 aliphatic rings. The molecule has 0 bridgehead atoms. The normalized spacial score (nSPS) is 14.3. The molecule has 11 heteroatoms. The quantitative estimate of drug-likeness (QED) is 0.395. The van der Waals surface area contributed by atoms with Crippen molar-refractivity contribution < 1.29 is 14.4 Å². The second-order valence-electron chi connectivity index (χ2n) is 9.00. The molecular formula is C25H26N6O3S2. The van der Waals surface area contributed by atoms with Crippen LogP contribution in [0.15, 0.2) is 35.8 Å². The Hall–Kier alpha value is -3.44. The number of rotatable bonds is 7. The van der Waals surface area contributed by atoms with Crippen molar-refractivity contribution in [1.82, 2.24) is 24.2 Å². The van der Waals surface area contributed by atoms with Crippen LogP contribution < -0.4 is 4.90 Å². The molecule has 5 rings (SSSR count). The molecule has 3 aromatic heterocycles. The molecule has 1 aliphatic heterocycles. The lowest BCUT2D eigenvalue weighted by Crippen LogP contribution is -2.38. The molecule has 1 aromatic carbocycles. The summed E-state index contributed by atoms with van der Waals surface area (Å²) >= 11 is 2.57. The predicted molar refractivity (Wildman–Crippen MR) is 140 cm³/mol. The van der Waals surface area contributed by atoms with Crippen molar-refractivity contribution in [2.24, 2.45) is 0 Å². The monoisotopic (exact) mass is 522 g/mol. The lowest BCUT2D eigenvalue weighted by molar-refractivity contribution is -0.131. The van der Waals surface area contributed by atoms with Crippen molar-refractivity contribution in [1.29, 1.82) is 0 Å². The molecule has 1 saturated heterocycles. The largest absolute Gasteiger partial charge is 0.361 e. The average Bonchev–Trinajstić information content (AvgIpc) is 3.63. The number of fused-ring (bicyclic) bond motifs is 1. The fourth-order valence-corrected chi connectivity index (χ4v) is 6.05. The maximum Gasteiger partial charge on any atom is 0.279 e. The fourth-order valence-electron chi connectivity index (χ4n) is 4.44. The van der Waals surface area contributed by atoms with E-state index in [0.29, 0.717) is 36.2 Å². The van der Waals surface area contributed by atoms with E-state index in [0.717, 1.165) is 45.8 Å². The highest BCUT2D eigenvalue weighted by molar-refractivity contribution is 7.10. The minimum atomic E-state index is -0.255. The molecule has 0 unspecified atom stereocenters. The zero-order chi connectivity index (χ0) is 25.2. The number of H-pyrrole nitrogens is 1. The summed E-state index contributed by atoms with van der Waals surface area (Å²) in [5.41, 5.74) is 2.44. The number of carbonyl (C=O) groups excluding carboxylic acids is 3. The molecule has 9 nitrogen and oxygen atoms in total. The van der Waals surface area contributed by atoms with Crippen molar-refractivity contribution >= 4 is 56.5 Å². The first-order valence-corrected chi connectivity index (χ1v) is 13.4. The number of ketones is 1. The molecule has 0 aliphatic carbocycles. The van der Waals surface area contributed by atoms with E-state index in [9.17, 15) is 14.4 Å². The van der Waals surface area contributed by atoms with Crippen LogP contribution in [0.1, 0.15) is 52.6 Å². The summed E-state index contributed by atoms with van der Waals surface area (Å²) in [6, 6.07) is 8.02. The van der Waals surface area contributed by atoms with Crippen molar-refractivity contribution in [3.05, 3.63) is 57.9 Å². The van der Waals surface area contributed by atoms with Crippen LogP contribution in [-0.2, 0) is 22.4 Å². The third kappa shape index (κ3) is 5.07. The number of nitrogens with one attached hydrogen (secondary N) is 1. The second-order valence-corrected chi connectivity index (χ2v) is 10.6. The minimum Gasteiger partial charge on any atom is -0.361 e. The number of aromatic amines is 1. The maximum atomic E-state index is 12.9. The van der Waals surface area contributed by atoms with E-state index in [-0.39, 0.29) is 29.9 Å². The molecule has 186 valence electrons. The third-order valence-electron chi connectivity index (χ3n) is 6.41. The molecule has 2 amide bonds. The molecule has 1 N–H and O–H groups in total. The molecule has 1 fully saturated rings. The van der Waals surface area contributed by atoms with Crippen LogP contribution in [0.2, 0.25) is 0 Å². The lowest BCUT2D eigenvalue weighted by Gasteiger charge is -2.31. The standard InChI is InChI=1S/C25H26N6O3S2/c1-15(32)11-21-28-25(36-29-21)30(2)24(34)20-14-35-23(27-20)16-7-9-31(10-8-16)22(33)12-17-13-26-19-6-4-3-5-18(17)19/h3-6,13-14,16,26H,7-12H2,1-2H3. The van der Waals surface area contributed by atoms with E-state index in [1.807, 2.05) is 35.4 Å². The van der Waals surface area contributed by atoms with E-state index in [4.69, 9.17) is 0 Å². The highest BCUT2D eigenvalue weighted by atomic mass is 32.1. The van der Waals surface area contributed by atoms with Crippen LogP contribution in [0.5, 0.6) is 0 Å². The van der Waals surface area contributed by atoms with Crippen LogP contribution in [0.4, 0.5) is 5.13 Å². The summed E-state index contributed by atoms with van der Waals surface area (Å²) in [6.07, 6.45) is 4.11. The lowest BCUT2D eigenvalue weighted by atomic mass is 9.97. The number of benzene rings is 1. The Balaban J connectivity index is 1.17. The number of amides is 2. The van der Waals surface area contributed by atoms with E-state index < -0.39 is 0 Å². The summed E-state index contributed by atoms with van der Waals surface area (Å²) < 4.78 is 4.16. The van der Waals surface area contributed by atoms with Gasteiger partial charge in [0.05, 0.1) is 17.8 Å². The van der Waals surface area contributed by atoms with Gasteiger partial charge in [0.2, 0.25) is 11.0 Å². The van der Waals surface area contributed by atoms with Crippen LogP contribution in [0, 0.1) is 0 Å². The fraction of sp³-hybridized carbons (Fsp3) is 0.360. The first-order chi connectivity index (χ1) is 17.4. The van der Waals surface area contributed by atoms with Crippen LogP contribution >= 0.6 is 22.9 Å². The van der Waals surface area contributed by atoms with Gasteiger partial charge in [0, 0.05) is 60.1 Å². The second kappa shape index (κ2) is 10.3. The molecule has 4 heterocycles. The Kier molecular flexibility index (Phi) is 6.92. The van der Waals surface area contributed by atoms with Gasteiger partial charge in [-0.1, -0.05) is 18.2 Å². The van der Waals surface area contributed by atoms with Gasteiger partial charge in [0.1, 0.15) is 11.5 Å². The number of hydrogen-bond acceptors (Lipinski definition) is 8. The van der Waals surface area contributed by atoms with Gasteiger partial charge < -0.3 is 9.88 Å². The highest BCUT2D eigenvalue weighted by Crippen LogP contribution is 2.31. The molecule has 0 atom stereocenters. The SMILES string of the molecule is CC(=O)Cc1nsc(N(C)C(=O)c2csc(C3CCN(C(=O)Cc4c[nH]c5ccccc45)CC3)n2)n1.